The Labute approximate surface area is 177 Å². The van der Waals surface area contributed by atoms with Crippen LogP contribution in [0, 0.1) is 0 Å². The fourth-order valence-corrected chi connectivity index (χ4v) is 3.28. The summed E-state index contributed by atoms with van der Waals surface area (Å²) in [5.74, 6) is 0.665. The molecule has 0 spiro atoms. The number of carbonyl (C=O) groups is 2. The Morgan fingerprint density at radius 3 is 2.34 bits per heavy atom. The lowest BCUT2D eigenvalue weighted by atomic mass is 10.1. The van der Waals surface area contributed by atoms with Crippen molar-refractivity contribution in [3.63, 3.8) is 0 Å². The molecule has 1 amide bonds. The van der Waals surface area contributed by atoms with Gasteiger partial charge in [0.15, 0.2) is 0 Å². The van der Waals surface area contributed by atoms with Crippen LogP contribution in [0.25, 0.3) is 0 Å². The Morgan fingerprint density at radius 1 is 0.966 bits per heavy atom. The molecule has 0 radical (unpaired) electrons. The predicted molar refractivity (Wildman–Crippen MR) is 115 cm³/mol. The molecule has 0 fully saturated rings. The van der Waals surface area contributed by atoms with Crippen molar-refractivity contribution in [2.45, 2.75) is 12.8 Å². The minimum Gasteiger partial charge on any atom is -0.496 e. The molecule has 148 valence electrons. The average molecular weight is 454 g/mol. The second kappa shape index (κ2) is 9.89. The lowest BCUT2D eigenvalue weighted by Crippen LogP contribution is -2.12. The van der Waals surface area contributed by atoms with Gasteiger partial charge in [-0.15, -0.1) is 0 Å². The van der Waals surface area contributed by atoms with E-state index in [-0.39, 0.29) is 18.3 Å². The first-order valence-corrected chi connectivity index (χ1v) is 9.84. The number of aryl methyl sites for hydroxylation is 1. The van der Waals surface area contributed by atoms with E-state index in [4.69, 9.17) is 9.47 Å². The van der Waals surface area contributed by atoms with E-state index >= 15 is 0 Å². The number of methoxy groups -OCH3 is 1. The smallest absolute Gasteiger partial charge is 0.311 e. The molecular formula is C23H20BrNO4. The summed E-state index contributed by atoms with van der Waals surface area (Å²) >= 11 is 3.44. The summed E-state index contributed by atoms with van der Waals surface area (Å²) < 4.78 is 11.4. The number of esters is 1. The predicted octanol–water partition coefficient (Wildman–Crippen LogP) is 5.25. The highest BCUT2D eigenvalue weighted by atomic mass is 79.9. The molecule has 3 aromatic rings. The van der Waals surface area contributed by atoms with Gasteiger partial charge in [-0.25, -0.2) is 0 Å². The van der Waals surface area contributed by atoms with Crippen LogP contribution in [-0.2, 0) is 11.2 Å². The summed E-state index contributed by atoms with van der Waals surface area (Å²) in [6.07, 6.45) is 0.817. The largest absolute Gasteiger partial charge is 0.496 e. The van der Waals surface area contributed by atoms with Crippen LogP contribution in [0.3, 0.4) is 0 Å². The van der Waals surface area contributed by atoms with E-state index in [1.54, 1.807) is 43.5 Å². The number of ether oxygens (including phenoxy) is 2. The van der Waals surface area contributed by atoms with Crippen molar-refractivity contribution in [2.75, 3.05) is 12.4 Å². The highest BCUT2D eigenvalue weighted by Crippen LogP contribution is 2.26. The maximum absolute atomic E-state index is 12.2. The first-order valence-electron chi connectivity index (χ1n) is 9.05. The monoisotopic (exact) mass is 453 g/mol. The van der Waals surface area contributed by atoms with Gasteiger partial charge in [-0.3, -0.25) is 9.59 Å². The Morgan fingerprint density at radius 2 is 1.69 bits per heavy atom. The Balaban J connectivity index is 1.50. The molecule has 3 aromatic carbocycles. The van der Waals surface area contributed by atoms with Gasteiger partial charge >= 0.3 is 5.97 Å². The van der Waals surface area contributed by atoms with E-state index in [9.17, 15) is 9.59 Å². The van der Waals surface area contributed by atoms with E-state index in [0.29, 0.717) is 23.4 Å². The molecule has 0 bridgehead atoms. The molecule has 0 aliphatic rings. The Hall–Kier alpha value is -3.12. The second-order valence-corrected chi connectivity index (χ2v) is 7.14. The maximum Gasteiger partial charge on any atom is 0.311 e. The van der Waals surface area contributed by atoms with E-state index in [2.05, 4.69) is 21.2 Å². The van der Waals surface area contributed by atoms with Crippen LogP contribution >= 0.6 is 15.9 Å². The van der Waals surface area contributed by atoms with Gasteiger partial charge in [-0.05, 0) is 76.4 Å². The zero-order valence-corrected chi connectivity index (χ0v) is 17.4. The van der Waals surface area contributed by atoms with Gasteiger partial charge in [0, 0.05) is 17.7 Å². The van der Waals surface area contributed by atoms with Crippen molar-refractivity contribution >= 4 is 33.5 Å². The molecule has 29 heavy (non-hydrogen) atoms. The molecule has 0 heterocycles. The van der Waals surface area contributed by atoms with Crippen molar-refractivity contribution in [2.24, 2.45) is 0 Å². The zero-order valence-electron chi connectivity index (χ0n) is 15.9. The third-order valence-corrected chi connectivity index (χ3v) is 4.83. The summed E-state index contributed by atoms with van der Waals surface area (Å²) in [7, 11) is 1.61. The molecule has 0 unspecified atom stereocenters. The topological polar surface area (TPSA) is 64.6 Å². The van der Waals surface area contributed by atoms with Gasteiger partial charge in [0.1, 0.15) is 11.5 Å². The average Bonchev–Trinajstić information content (AvgIpc) is 2.74. The molecule has 1 N–H and O–H groups in total. The fourth-order valence-electron chi connectivity index (χ4n) is 2.69. The summed E-state index contributed by atoms with van der Waals surface area (Å²) in [5.41, 5.74) is 2.21. The summed E-state index contributed by atoms with van der Waals surface area (Å²) in [4.78, 5) is 24.3. The molecule has 0 aliphatic carbocycles. The SMILES string of the molecule is COc1ccc(CCC(=O)Oc2ccc(NC(=O)c3ccccc3)cc2)cc1Br. The van der Waals surface area contributed by atoms with Crippen molar-refractivity contribution in [1.29, 1.82) is 0 Å². The number of benzene rings is 3. The fraction of sp³-hybridized carbons (Fsp3) is 0.130. The van der Waals surface area contributed by atoms with Gasteiger partial charge in [0.2, 0.25) is 0 Å². The third kappa shape index (κ3) is 5.93. The first kappa shape index (κ1) is 20.6. The third-order valence-electron chi connectivity index (χ3n) is 4.21. The van der Waals surface area contributed by atoms with Crippen molar-refractivity contribution in [3.8, 4) is 11.5 Å². The van der Waals surface area contributed by atoms with Gasteiger partial charge < -0.3 is 14.8 Å². The Kier molecular flexibility index (Phi) is 7.03. The number of nitrogens with one attached hydrogen (secondary N) is 1. The van der Waals surface area contributed by atoms with Crippen LogP contribution in [0.4, 0.5) is 5.69 Å². The molecule has 0 atom stereocenters. The van der Waals surface area contributed by atoms with Crippen LogP contribution in [0.15, 0.2) is 77.3 Å². The van der Waals surface area contributed by atoms with Crippen molar-refractivity contribution in [1.82, 2.24) is 0 Å². The molecular weight excluding hydrogens is 434 g/mol. The minimum atomic E-state index is -0.321. The molecule has 6 heteroatoms. The molecule has 3 rings (SSSR count). The molecule has 0 saturated heterocycles. The highest BCUT2D eigenvalue weighted by molar-refractivity contribution is 9.10. The van der Waals surface area contributed by atoms with Crippen molar-refractivity contribution in [3.05, 3.63) is 88.4 Å². The number of amides is 1. The first-order chi connectivity index (χ1) is 14.0. The second-order valence-electron chi connectivity index (χ2n) is 6.29. The minimum absolute atomic E-state index is 0.194. The van der Waals surface area contributed by atoms with E-state index in [1.807, 2.05) is 36.4 Å². The number of rotatable bonds is 7. The highest BCUT2D eigenvalue weighted by Gasteiger charge is 2.09. The number of carbonyl (C=O) groups excluding carboxylic acids is 2. The standard InChI is InChI=1S/C23H20BrNO4/c1-28-21-13-7-16(15-20(21)24)8-14-22(26)29-19-11-9-18(10-12-19)25-23(27)17-5-3-2-4-6-17/h2-7,9-13,15H,8,14H2,1H3,(H,25,27). The molecule has 5 nitrogen and oxygen atoms in total. The van der Waals surface area contributed by atoms with Gasteiger partial charge in [-0.1, -0.05) is 24.3 Å². The lowest BCUT2D eigenvalue weighted by molar-refractivity contribution is -0.134. The summed E-state index contributed by atoms with van der Waals surface area (Å²) in [5, 5.41) is 2.81. The summed E-state index contributed by atoms with van der Waals surface area (Å²) in [6, 6.07) is 21.4. The maximum atomic E-state index is 12.2. The van der Waals surface area contributed by atoms with Gasteiger partial charge in [-0.2, -0.15) is 0 Å². The molecule has 0 saturated carbocycles. The molecule has 0 aliphatic heterocycles. The summed E-state index contributed by atoms with van der Waals surface area (Å²) in [6.45, 7) is 0. The van der Waals surface area contributed by atoms with Gasteiger partial charge in [0.05, 0.1) is 11.6 Å². The quantitative estimate of drug-likeness (QED) is 0.391. The van der Waals surface area contributed by atoms with Crippen LogP contribution in [0.2, 0.25) is 0 Å². The van der Waals surface area contributed by atoms with E-state index in [1.165, 1.54) is 0 Å². The number of hydrogen-bond donors (Lipinski definition) is 1. The van der Waals surface area contributed by atoms with Crippen LogP contribution < -0.4 is 14.8 Å². The van der Waals surface area contributed by atoms with Crippen LogP contribution in [0.1, 0.15) is 22.3 Å². The number of anilines is 1. The normalized spacial score (nSPS) is 10.3. The number of hydrogen-bond acceptors (Lipinski definition) is 4. The van der Waals surface area contributed by atoms with Crippen LogP contribution in [-0.4, -0.2) is 19.0 Å². The lowest BCUT2D eigenvalue weighted by Gasteiger charge is -2.08. The van der Waals surface area contributed by atoms with E-state index in [0.717, 1.165) is 15.8 Å². The van der Waals surface area contributed by atoms with E-state index < -0.39 is 0 Å². The van der Waals surface area contributed by atoms with Gasteiger partial charge in [0.25, 0.3) is 5.91 Å². The zero-order chi connectivity index (χ0) is 20.6. The van der Waals surface area contributed by atoms with Crippen LogP contribution in [0.5, 0.6) is 11.5 Å². The number of halogens is 1. The Bertz CT molecular complexity index is 988. The molecule has 0 aromatic heterocycles. The van der Waals surface area contributed by atoms with Crippen molar-refractivity contribution < 1.29 is 19.1 Å².